The number of aliphatic hydroxyl groups is 2. The van der Waals surface area contributed by atoms with Crippen LogP contribution in [0, 0.1) is 0 Å². The molecule has 0 heterocycles. The Labute approximate surface area is 444 Å². The second-order valence-electron chi connectivity index (χ2n) is 22.5. The fraction of sp³-hybridized carbons (Fsp3) is 0.938. The summed E-state index contributed by atoms with van der Waals surface area (Å²) in [4.78, 5) is 24.6. The van der Waals surface area contributed by atoms with E-state index in [1.165, 1.54) is 302 Å². The first-order chi connectivity index (χ1) is 35.0. The molecule has 0 aliphatic carbocycles. The largest absolute Gasteiger partial charge is 0.466 e. The molecule has 0 spiro atoms. The first-order valence-electron chi connectivity index (χ1n) is 32.5. The van der Waals surface area contributed by atoms with E-state index >= 15 is 0 Å². The highest BCUT2D eigenvalue weighted by Gasteiger charge is 2.18. The van der Waals surface area contributed by atoms with Crippen LogP contribution in [0.4, 0.5) is 0 Å². The fourth-order valence-electron chi connectivity index (χ4n) is 10.3. The molecule has 0 rings (SSSR count). The summed E-state index contributed by atoms with van der Waals surface area (Å²) in [6.45, 7) is 4.93. The highest BCUT2D eigenvalue weighted by Crippen LogP contribution is 2.18. The fourth-order valence-corrected chi connectivity index (χ4v) is 10.3. The first-order valence-corrected chi connectivity index (χ1v) is 32.5. The molecule has 0 saturated heterocycles. The molecule has 422 valence electrons. The average molecular weight is 1000 g/mol. The smallest absolute Gasteiger partial charge is 0.305 e. The third kappa shape index (κ3) is 57.7. The Hall–Kier alpha value is -1.40. The minimum atomic E-state index is -0.843. The van der Waals surface area contributed by atoms with Gasteiger partial charge < -0.3 is 20.3 Å². The molecule has 2 unspecified atom stereocenters. The summed E-state index contributed by atoms with van der Waals surface area (Å²) in [5.74, 6) is -0.0483. The topological polar surface area (TPSA) is 95.9 Å². The van der Waals surface area contributed by atoms with Crippen molar-refractivity contribution in [2.75, 3.05) is 13.2 Å². The predicted molar refractivity (Wildman–Crippen MR) is 310 cm³/mol. The van der Waals surface area contributed by atoms with Crippen molar-refractivity contribution >= 4 is 11.9 Å². The molecule has 0 radical (unpaired) electrons. The summed E-state index contributed by atoms with van der Waals surface area (Å²) in [6.07, 6.45) is 74.1. The molecular formula is C65H127NO5. The van der Waals surface area contributed by atoms with Crippen LogP contribution in [0.2, 0.25) is 0 Å². The van der Waals surface area contributed by atoms with Gasteiger partial charge in [-0.2, -0.15) is 0 Å². The molecule has 0 aromatic heterocycles. The van der Waals surface area contributed by atoms with E-state index in [2.05, 4.69) is 19.2 Å². The number of amides is 1. The summed E-state index contributed by atoms with van der Waals surface area (Å²) in [5, 5.41) is 23.1. The van der Waals surface area contributed by atoms with Gasteiger partial charge in [0, 0.05) is 12.8 Å². The van der Waals surface area contributed by atoms with E-state index in [-0.39, 0.29) is 18.5 Å². The molecule has 1 amide bonds. The Kier molecular flexibility index (Phi) is 59.9. The number of nitrogens with one attached hydrogen (secondary N) is 1. The van der Waals surface area contributed by atoms with Gasteiger partial charge >= 0.3 is 5.97 Å². The van der Waals surface area contributed by atoms with E-state index < -0.39 is 12.1 Å². The minimum Gasteiger partial charge on any atom is -0.466 e. The molecule has 0 bridgehead atoms. The maximum atomic E-state index is 12.5. The zero-order chi connectivity index (χ0) is 51.4. The van der Waals surface area contributed by atoms with Crippen molar-refractivity contribution in [1.29, 1.82) is 0 Å². The van der Waals surface area contributed by atoms with Gasteiger partial charge in [-0.3, -0.25) is 9.59 Å². The van der Waals surface area contributed by atoms with Crippen LogP contribution < -0.4 is 5.32 Å². The lowest BCUT2D eigenvalue weighted by Crippen LogP contribution is -2.45. The highest BCUT2D eigenvalue weighted by molar-refractivity contribution is 5.76. The second kappa shape index (κ2) is 61.1. The van der Waals surface area contributed by atoms with Crippen molar-refractivity contribution in [2.24, 2.45) is 0 Å². The van der Waals surface area contributed by atoms with Crippen molar-refractivity contribution in [3.8, 4) is 0 Å². The molecule has 6 heteroatoms. The standard InChI is InChI=1S/C65H127NO5/c1-3-5-7-9-11-13-15-17-18-19-24-28-31-35-39-43-47-51-55-59-65(70)71-60-56-52-48-44-40-36-32-29-26-23-21-20-22-25-27-30-34-38-42-46-50-54-58-64(69)66-62(61-67)63(68)57-53-49-45-41-37-33-16-14-12-10-8-6-4-2/h53,57,62-63,67-68H,3-52,54-56,58-61H2,1-2H3,(H,66,69)/b57-53+. The maximum absolute atomic E-state index is 12.5. The van der Waals surface area contributed by atoms with Crippen LogP contribution in [0.3, 0.4) is 0 Å². The van der Waals surface area contributed by atoms with Crippen LogP contribution in [0.15, 0.2) is 12.2 Å². The normalized spacial score (nSPS) is 12.6. The summed E-state index contributed by atoms with van der Waals surface area (Å²) in [5.41, 5.74) is 0. The van der Waals surface area contributed by atoms with Crippen molar-refractivity contribution < 1.29 is 24.5 Å². The van der Waals surface area contributed by atoms with E-state index in [9.17, 15) is 19.8 Å². The zero-order valence-electron chi connectivity index (χ0n) is 48.2. The molecule has 0 aromatic rings. The van der Waals surface area contributed by atoms with Crippen LogP contribution in [-0.2, 0) is 14.3 Å². The second-order valence-corrected chi connectivity index (χ2v) is 22.5. The molecule has 3 N–H and O–H groups in total. The number of esters is 1. The van der Waals surface area contributed by atoms with Crippen LogP contribution in [0.5, 0.6) is 0 Å². The number of hydrogen-bond donors (Lipinski definition) is 3. The van der Waals surface area contributed by atoms with E-state index in [0.29, 0.717) is 19.4 Å². The van der Waals surface area contributed by atoms with Gasteiger partial charge in [-0.25, -0.2) is 0 Å². The first kappa shape index (κ1) is 69.6. The Bertz CT molecular complexity index is 1060. The van der Waals surface area contributed by atoms with Gasteiger partial charge in [-0.15, -0.1) is 0 Å². The number of rotatable bonds is 61. The molecule has 2 atom stereocenters. The number of hydrogen-bond acceptors (Lipinski definition) is 5. The summed E-state index contributed by atoms with van der Waals surface area (Å²) >= 11 is 0. The molecular weight excluding hydrogens is 875 g/mol. The van der Waals surface area contributed by atoms with E-state index in [1.807, 2.05) is 6.08 Å². The van der Waals surface area contributed by atoms with Crippen LogP contribution in [0.25, 0.3) is 0 Å². The summed E-state index contributed by atoms with van der Waals surface area (Å²) in [7, 11) is 0. The van der Waals surface area contributed by atoms with Gasteiger partial charge in [0.1, 0.15) is 0 Å². The SMILES string of the molecule is CCCCCCCCCCCCC/C=C/C(O)C(CO)NC(=O)CCCCCCCCCCCCCCCCCCCCCCCCOC(=O)CCCCCCCCCCCCCCCCCCCCC. The summed E-state index contributed by atoms with van der Waals surface area (Å²) < 4.78 is 5.51. The van der Waals surface area contributed by atoms with Gasteiger partial charge in [0.25, 0.3) is 0 Å². The minimum absolute atomic E-state index is 0.0182. The molecule has 6 nitrogen and oxygen atoms in total. The molecule has 71 heavy (non-hydrogen) atoms. The van der Waals surface area contributed by atoms with Gasteiger partial charge in [0.2, 0.25) is 5.91 Å². The molecule has 0 saturated carbocycles. The Morgan fingerprint density at radius 3 is 0.958 bits per heavy atom. The van der Waals surface area contributed by atoms with Crippen molar-refractivity contribution in [3.05, 3.63) is 12.2 Å². The van der Waals surface area contributed by atoms with E-state index in [0.717, 1.165) is 38.5 Å². The van der Waals surface area contributed by atoms with E-state index in [1.54, 1.807) is 6.08 Å². The molecule has 0 aromatic carbocycles. The van der Waals surface area contributed by atoms with E-state index in [4.69, 9.17) is 4.74 Å². The average Bonchev–Trinajstić information content (AvgIpc) is 3.37. The number of unbranched alkanes of at least 4 members (excludes halogenated alkanes) is 50. The summed E-state index contributed by atoms with van der Waals surface area (Å²) in [6, 6.07) is -0.626. The third-order valence-corrected chi connectivity index (χ3v) is 15.3. The molecule has 0 aliphatic heterocycles. The van der Waals surface area contributed by atoms with Crippen molar-refractivity contribution in [3.63, 3.8) is 0 Å². The monoisotopic (exact) mass is 1000 g/mol. The lowest BCUT2D eigenvalue weighted by atomic mass is 10.0. The van der Waals surface area contributed by atoms with Gasteiger partial charge in [-0.1, -0.05) is 334 Å². The molecule has 0 aliphatic rings. The maximum Gasteiger partial charge on any atom is 0.305 e. The zero-order valence-corrected chi connectivity index (χ0v) is 48.2. The number of carbonyl (C=O) groups is 2. The van der Waals surface area contributed by atoms with Crippen molar-refractivity contribution in [2.45, 2.75) is 379 Å². The molecule has 0 fully saturated rings. The Morgan fingerprint density at radius 2 is 0.648 bits per heavy atom. The van der Waals surface area contributed by atoms with Gasteiger partial charge in [0.05, 0.1) is 25.4 Å². The number of ether oxygens (including phenoxy) is 1. The number of aliphatic hydroxyl groups excluding tert-OH is 2. The third-order valence-electron chi connectivity index (χ3n) is 15.3. The lowest BCUT2D eigenvalue weighted by molar-refractivity contribution is -0.143. The van der Waals surface area contributed by atoms with Crippen LogP contribution in [0.1, 0.15) is 367 Å². The van der Waals surface area contributed by atoms with Gasteiger partial charge in [0.15, 0.2) is 0 Å². The van der Waals surface area contributed by atoms with Crippen LogP contribution >= 0.6 is 0 Å². The Balaban J connectivity index is 3.35. The van der Waals surface area contributed by atoms with Crippen molar-refractivity contribution in [1.82, 2.24) is 5.32 Å². The predicted octanol–water partition coefficient (Wildman–Crippen LogP) is 20.4. The lowest BCUT2D eigenvalue weighted by Gasteiger charge is -2.20. The number of allylic oxidation sites excluding steroid dienone is 1. The number of carbonyl (C=O) groups excluding carboxylic acids is 2. The Morgan fingerprint density at radius 1 is 0.380 bits per heavy atom. The van der Waals surface area contributed by atoms with Crippen LogP contribution in [-0.4, -0.2) is 47.4 Å². The highest BCUT2D eigenvalue weighted by atomic mass is 16.5. The quantitative estimate of drug-likeness (QED) is 0.0320. The van der Waals surface area contributed by atoms with Gasteiger partial charge in [-0.05, 0) is 32.1 Å².